The van der Waals surface area contributed by atoms with Gasteiger partial charge in [-0.3, -0.25) is 19.2 Å². The third-order valence-corrected chi connectivity index (χ3v) is 6.96. The molecule has 0 radical (unpaired) electrons. The smallest absolute Gasteiger partial charge is 0.320 e. The first kappa shape index (κ1) is 44.7. The fraction of sp³-hybridized carbons (Fsp3) is 0.222. The lowest BCUT2D eigenvalue weighted by Crippen LogP contribution is -2.32. The van der Waals surface area contributed by atoms with Crippen LogP contribution in [0.25, 0.3) is 0 Å². The number of hydrogen-bond acceptors (Lipinski definition) is 8. The van der Waals surface area contributed by atoms with E-state index >= 15 is 0 Å². The lowest BCUT2D eigenvalue weighted by atomic mass is 10.1. The minimum Gasteiger partial charge on any atom is -0.480 e. The second kappa shape index (κ2) is 23.2. The molecule has 0 aliphatic heterocycles. The van der Waals surface area contributed by atoms with Gasteiger partial charge >= 0.3 is 23.9 Å². The zero-order valence-corrected chi connectivity index (χ0v) is 28.4. The third kappa shape index (κ3) is 18.6. The van der Waals surface area contributed by atoms with E-state index in [0.29, 0.717) is 22.6 Å². The topological polar surface area (TPSA) is 253 Å². The Kier molecular flexibility index (Phi) is 20.0. The van der Waals surface area contributed by atoms with Crippen LogP contribution in [0.15, 0.2) is 97.1 Å². The molecular formula is C36H40ClF3N4O8. The van der Waals surface area contributed by atoms with Crippen molar-refractivity contribution < 1.29 is 52.8 Å². The molecule has 0 aliphatic carbocycles. The Bertz CT molecular complexity index is 1690. The van der Waals surface area contributed by atoms with Gasteiger partial charge in [0.1, 0.15) is 41.6 Å². The maximum Gasteiger partial charge on any atom is 0.320 e. The minimum atomic E-state index is -1.12. The molecular weight excluding hydrogens is 709 g/mol. The van der Waals surface area contributed by atoms with Gasteiger partial charge in [0.2, 0.25) is 0 Å². The Morgan fingerprint density at radius 2 is 0.923 bits per heavy atom. The van der Waals surface area contributed by atoms with Crippen LogP contribution in [0.1, 0.15) is 22.3 Å². The fourth-order valence-electron chi connectivity index (χ4n) is 3.96. The summed E-state index contributed by atoms with van der Waals surface area (Å²) in [6.07, 6.45) is 0.681. The van der Waals surface area contributed by atoms with Crippen molar-refractivity contribution >= 4 is 35.5 Å². The summed E-state index contributed by atoms with van der Waals surface area (Å²) in [4.78, 5) is 41.5. The molecule has 4 aromatic rings. The molecule has 4 aromatic carbocycles. The van der Waals surface area contributed by atoms with Crippen LogP contribution >= 0.6 is 11.6 Å². The highest BCUT2D eigenvalue weighted by atomic mass is 35.5. The normalized spacial score (nSPS) is 12.5. The largest absolute Gasteiger partial charge is 0.480 e. The Morgan fingerprint density at radius 1 is 0.500 bits per heavy atom. The fourth-order valence-corrected chi connectivity index (χ4v) is 4.17. The Balaban J connectivity index is 0.000000347. The van der Waals surface area contributed by atoms with Crippen molar-refractivity contribution in [3.05, 3.63) is 142 Å². The first-order valence-electron chi connectivity index (χ1n) is 15.3. The summed E-state index contributed by atoms with van der Waals surface area (Å²) in [5.41, 5.74) is 23.7. The Hall–Kier alpha value is -5.32. The van der Waals surface area contributed by atoms with E-state index in [-0.39, 0.29) is 30.9 Å². The molecule has 0 saturated carbocycles. The number of nitrogens with two attached hydrogens (primary N) is 4. The van der Waals surface area contributed by atoms with Crippen molar-refractivity contribution in [3.63, 3.8) is 0 Å². The predicted octanol–water partition coefficient (Wildman–Crippen LogP) is 3.63. The van der Waals surface area contributed by atoms with Gasteiger partial charge in [-0.15, -0.1) is 0 Å². The molecule has 0 aromatic heterocycles. The molecule has 0 bridgehead atoms. The summed E-state index contributed by atoms with van der Waals surface area (Å²) in [5.74, 6) is -5.39. The summed E-state index contributed by atoms with van der Waals surface area (Å²) in [7, 11) is 0. The molecule has 0 unspecified atom stereocenters. The molecule has 0 fully saturated rings. The van der Waals surface area contributed by atoms with Gasteiger partial charge < -0.3 is 43.4 Å². The molecule has 0 aliphatic rings. The Labute approximate surface area is 302 Å². The van der Waals surface area contributed by atoms with Crippen molar-refractivity contribution in [1.82, 2.24) is 0 Å². The molecule has 16 heteroatoms. The molecule has 4 rings (SSSR count). The molecule has 12 nitrogen and oxygen atoms in total. The molecule has 0 spiro atoms. The minimum absolute atomic E-state index is 0.0159. The second-order valence-corrected chi connectivity index (χ2v) is 11.5. The van der Waals surface area contributed by atoms with Crippen molar-refractivity contribution in [2.75, 3.05) is 0 Å². The van der Waals surface area contributed by atoms with Gasteiger partial charge in [-0.2, -0.15) is 0 Å². The first-order chi connectivity index (χ1) is 24.4. The van der Waals surface area contributed by atoms with E-state index in [4.69, 9.17) is 55.0 Å². The van der Waals surface area contributed by atoms with Crippen LogP contribution in [0.5, 0.6) is 0 Å². The summed E-state index contributed by atoms with van der Waals surface area (Å²) < 4.78 is 38.0. The monoisotopic (exact) mass is 748 g/mol. The van der Waals surface area contributed by atoms with Gasteiger partial charge in [-0.1, -0.05) is 66.2 Å². The summed E-state index contributed by atoms with van der Waals surface area (Å²) in [6.45, 7) is 0. The van der Waals surface area contributed by atoms with Crippen LogP contribution in [0.4, 0.5) is 13.2 Å². The summed E-state index contributed by atoms with van der Waals surface area (Å²) in [6, 6.07) is 20.6. The van der Waals surface area contributed by atoms with Gasteiger partial charge in [0.25, 0.3) is 0 Å². The molecule has 0 saturated heterocycles. The van der Waals surface area contributed by atoms with Crippen molar-refractivity contribution in [3.8, 4) is 0 Å². The number of aliphatic carboxylic acids is 4. The van der Waals surface area contributed by atoms with E-state index in [1.165, 1.54) is 54.6 Å². The van der Waals surface area contributed by atoms with Gasteiger partial charge in [-0.25, -0.2) is 13.2 Å². The SMILES string of the molecule is N[C@@H](Cc1ccc(F)cc1)C(=O)O.N[C@@H](Cc1cccc(Cl)c1)C(=O)O.N[C@@H](Cc1cccc(F)c1)C(=O)O.N[C@@H](Cc1ccccc1F)C(=O)O. The maximum atomic E-state index is 13.0. The summed E-state index contributed by atoms with van der Waals surface area (Å²) >= 11 is 5.72. The standard InChI is InChI=1S/C9H10ClNO2.3C9H10FNO2/c10-7-3-1-2-6(4-7)5-8(11)9(12)13;10-7-3-1-6(2-4-7)5-8(11)9(12)13;10-7-3-1-2-6(4-7)5-8(11)9(12)13;10-7-4-2-1-3-6(7)5-8(11)9(12)13/h4*1-4,8H,5,11H2,(H,12,13)/t4*8-/m0000/s1. The van der Waals surface area contributed by atoms with Crippen molar-refractivity contribution in [2.45, 2.75) is 49.9 Å². The van der Waals surface area contributed by atoms with Crippen LogP contribution in [0, 0.1) is 17.5 Å². The van der Waals surface area contributed by atoms with Gasteiger partial charge in [-0.05, 0) is 84.0 Å². The molecule has 12 N–H and O–H groups in total. The van der Waals surface area contributed by atoms with E-state index in [0.717, 1.165) is 11.1 Å². The summed E-state index contributed by atoms with van der Waals surface area (Å²) in [5, 5.41) is 34.6. The number of benzene rings is 4. The van der Waals surface area contributed by atoms with E-state index in [9.17, 15) is 32.3 Å². The predicted molar refractivity (Wildman–Crippen MR) is 188 cm³/mol. The van der Waals surface area contributed by atoms with Gasteiger partial charge in [0, 0.05) is 11.4 Å². The van der Waals surface area contributed by atoms with Crippen molar-refractivity contribution in [2.24, 2.45) is 22.9 Å². The molecule has 280 valence electrons. The number of halogens is 4. The van der Waals surface area contributed by atoms with E-state index < -0.39 is 53.9 Å². The third-order valence-electron chi connectivity index (χ3n) is 6.72. The average molecular weight is 749 g/mol. The zero-order valence-electron chi connectivity index (χ0n) is 27.6. The lowest BCUT2D eigenvalue weighted by molar-refractivity contribution is -0.139. The van der Waals surface area contributed by atoms with Crippen LogP contribution in [0.2, 0.25) is 5.02 Å². The number of hydrogen-bond donors (Lipinski definition) is 8. The van der Waals surface area contributed by atoms with Gasteiger partial charge in [0.05, 0.1) is 0 Å². The van der Waals surface area contributed by atoms with Crippen LogP contribution < -0.4 is 22.9 Å². The first-order valence-corrected chi connectivity index (χ1v) is 15.7. The van der Waals surface area contributed by atoms with Crippen LogP contribution in [0.3, 0.4) is 0 Å². The number of carboxylic acid groups (broad SMARTS) is 4. The molecule has 0 amide bonds. The van der Waals surface area contributed by atoms with Crippen molar-refractivity contribution in [1.29, 1.82) is 0 Å². The zero-order chi connectivity index (χ0) is 39.4. The molecule has 4 atom stereocenters. The number of carbonyl (C=O) groups is 4. The van der Waals surface area contributed by atoms with E-state index in [1.54, 1.807) is 42.5 Å². The second-order valence-electron chi connectivity index (χ2n) is 11.1. The highest BCUT2D eigenvalue weighted by molar-refractivity contribution is 6.30. The highest BCUT2D eigenvalue weighted by Crippen LogP contribution is 2.12. The Morgan fingerprint density at radius 3 is 1.37 bits per heavy atom. The molecule has 0 heterocycles. The van der Waals surface area contributed by atoms with Crippen LogP contribution in [-0.4, -0.2) is 68.5 Å². The number of carboxylic acids is 4. The van der Waals surface area contributed by atoms with E-state index in [2.05, 4.69) is 0 Å². The van der Waals surface area contributed by atoms with E-state index in [1.807, 2.05) is 0 Å². The lowest BCUT2D eigenvalue weighted by Gasteiger charge is -2.06. The molecule has 52 heavy (non-hydrogen) atoms. The maximum absolute atomic E-state index is 13.0. The number of rotatable bonds is 12. The quantitative estimate of drug-likeness (QED) is 0.103. The van der Waals surface area contributed by atoms with Gasteiger partial charge in [0.15, 0.2) is 0 Å². The highest BCUT2D eigenvalue weighted by Gasteiger charge is 2.15. The van der Waals surface area contributed by atoms with Crippen LogP contribution in [-0.2, 0) is 44.9 Å². The average Bonchev–Trinajstić information content (AvgIpc) is 3.07.